The molecular formula is C11H13N3O. The molecule has 1 aromatic carbocycles. The van der Waals surface area contributed by atoms with Gasteiger partial charge in [0, 0.05) is 0 Å². The standard InChI is InChI=1S/C11H13N3O/c12-10-9(13-11(15)14-10)7-6-8-4-2-1-3-5-8/h1-5,9H,6-7H2,(H3,12,13,14,15). The molecule has 0 fully saturated rings. The Kier molecular flexibility index (Phi) is 2.67. The molecule has 0 aliphatic carbocycles. The van der Waals surface area contributed by atoms with Crippen molar-refractivity contribution in [2.24, 2.45) is 10.7 Å². The number of hydrogen-bond donors (Lipinski definition) is 2. The van der Waals surface area contributed by atoms with E-state index in [4.69, 9.17) is 5.73 Å². The number of hydrogen-bond acceptors (Lipinski definition) is 2. The van der Waals surface area contributed by atoms with E-state index < -0.39 is 0 Å². The van der Waals surface area contributed by atoms with Gasteiger partial charge in [0.25, 0.3) is 0 Å². The van der Waals surface area contributed by atoms with Gasteiger partial charge in [-0.1, -0.05) is 30.3 Å². The summed E-state index contributed by atoms with van der Waals surface area (Å²) in [6.07, 6.45) is 1.69. The maximum Gasteiger partial charge on any atom is 0.343 e. The van der Waals surface area contributed by atoms with Gasteiger partial charge in [-0.2, -0.15) is 4.99 Å². The fraction of sp³-hybridized carbons (Fsp3) is 0.273. The first kappa shape index (κ1) is 9.71. The van der Waals surface area contributed by atoms with Gasteiger partial charge >= 0.3 is 6.03 Å². The van der Waals surface area contributed by atoms with Gasteiger partial charge in [-0.05, 0) is 18.4 Å². The number of amides is 2. The Labute approximate surface area is 88.2 Å². The van der Waals surface area contributed by atoms with Crippen LogP contribution in [0.15, 0.2) is 35.3 Å². The van der Waals surface area contributed by atoms with Gasteiger partial charge in [0.15, 0.2) is 0 Å². The van der Waals surface area contributed by atoms with E-state index in [1.807, 2.05) is 18.2 Å². The van der Waals surface area contributed by atoms with E-state index in [1.54, 1.807) is 0 Å². The predicted octanol–water partition coefficient (Wildman–Crippen LogP) is 1.07. The molecular weight excluding hydrogens is 190 g/mol. The Morgan fingerprint density at radius 2 is 2.07 bits per heavy atom. The Morgan fingerprint density at radius 1 is 1.33 bits per heavy atom. The lowest BCUT2D eigenvalue weighted by molar-refractivity contribution is 0.250. The Hall–Kier alpha value is -1.84. The van der Waals surface area contributed by atoms with E-state index in [0.717, 1.165) is 12.8 Å². The molecule has 4 heteroatoms. The molecule has 0 saturated carbocycles. The molecule has 2 amide bonds. The monoisotopic (exact) mass is 203 g/mol. The second-order valence-electron chi connectivity index (χ2n) is 3.56. The Bertz CT molecular complexity index is 386. The smallest absolute Gasteiger partial charge is 0.343 e. The highest BCUT2D eigenvalue weighted by Gasteiger charge is 2.22. The summed E-state index contributed by atoms with van der Waals surface area (Å²) in [4.78, 5) is 14.5. The van der Waals surface area contributed by atoms with E-state index in [2.05, 4.69) is 22.4 Å². The number of carbonyl (C=O) groups excluding carboxylic acids is 1. The topological polar surface area (TPSA) is 67.5 Å². The summed E-state index contributed by atoms with van der Waals surface area (Å²) in [6.45, 7) is 0. The number of rotatable bonds is 3. The van der Waals surface area contributed by atoms with Crippen LogP contribution in [0.3, 0.4) is 0 Å². The molecule has 1 aromatic rings. The van der Waals surface area contributed by atoms with E-state index in [9.17, 15) is 4.79 Å². The molecule has 1 aliphatic rings. The third kappa shape index (κ3) is 2.34. The molecule has 0 saturated heterocycles. The zero-order chi connectivity index (χ0) is 10.7. The van der Waals surface area contributed by atoms with Gasteiger partial charge < -0.3 is 11.1 Å². The largest absolute Gasteiger partial charge is 0.385 e. The van der Waals surface area contributed by atoms with Crippen molar-refractivity contribution in [2.45, 2.75) is 18.9 Å². The summed E-state index contributed by atoms with van der Waals surface area (Å²) in [6, 6.07) is 9.67. The van der Waals surface area contributed by atoms with Gasteiger partial charge in [0.2, 0.25) is 0 Å². The summed E-state index contributed by atoms with van der Waals surface area (Å²) in [5, 5.41) is 2.71. The minimum atomic E-state index is -0.328. The number of aliphatic imine (C=N–C) groups is 1. The van der Waals surface area contributed by atoms with Crippen molar-refractivity contribution in [1.29, 1.82) is 0 Å². The first-order valence-corrected chi connectivity index (χ1v) is 4.94. The zero-order valence-corrected chi connectivity index (χ0v) is 8.31. The van der Waals surface area contributed by atoms with E-state index in [0.29, 0.717) is 5.84 Å². The van der Waals surface area contributed by atoms with E-state index in [1.165, 1.54) is 5.56 Å². The lowest BCUT2D eigenvalue weighted by atomic mass is 10.1. The third-order valence-electron chi connectivity index (χ3n) is 2.45. The van der Waals surface area contributed by atoms with Crippen LogP contribution in [0.4, 0.5) is 4.79 Å². The quantitative estimate of drug-likeness (QED) is 0.771. The average Bonchev–Trinajstić information content (AvgIpc) is 2.56. The van der Waals surface area contributed by atoms with Crippen LogP contribution in [0.5, 0.6) is 0 Å². The summed E-state index contributed by atoms with van der Waals surface area (Å²) in [5.74, 6) is 0.399. The summed E-state index contributed by atoms with van der Waals surface area (Å²) in [5.41, 5.74) is 6.84. The van der Waals surface area contributed by atoms with Crippen molar-refractivity contribution in [3.63, 3.8) is 0 Å². The van der Waals surface area contributed by atoms with Crippen molar-refractivity contribution in [2.75, 3.05) is 0 Å². The number of nitrogens with zero attached hydrogens (tertiary/aromatic N) is 1. The normalized spacial score (nSPS) is 19.9. The Balaban J connectivity index is 1.90. The second kappa shape index (κ2) is 4.13. The van der Waals surface area contributed by atoms with Crippen molar-refractivity contribution in [3.8, 4) is 0 Å². The number of benzene rings is 1. The SMILES string of the molecule is NC1=NC(=O)NC1CCc1ccccc1. The minimum Gasteiger partial charge on any atom is -0.385 e. The minimum absolute atomic E-state index is 0.0993. The highest BCUT2D eigenvalue weighted by molar-refractivity contribution is 6.02. The predicted molar refractivity (Wildman–Crippen MR) is 58.7 cm³/mol. The fourth-order valence-electron chi connectivity index (χ4n) is 1.63. The molecule has 0 aromatic heterocycles. The number of nitrogens with two attached hydrogens (primary N) is 1. The molecule has 4 nitrogen and oxygen atoms in total. The molecule has 1 atom stereocenters. The van der Waals surface area contributed by atoms with Crippen molar-refractivity contribution >= 4 is 11.9 Å². The van der Waals surface area contributed by atoms with Crippen LogP contribution in [-0.2, 0) is 6.42 Å². The molecule has 0 bridgehead atoms. The molecule has 3 N–H and O–H groups in total. The average molecular weight is 203 g/mol. The van der Waals surface area contributed by atoms with Crippen LogP contribution < -0.4 is 11.1 Å². The van der Waals surface area contributed by atoms with Crippen molar-refractivity contribution in [1.82, 2.24) is 5.32 Å². The first-order chi connectivity index (χ1) is 7.25. The fourth-order valence-corrected chi connectivity index (χ4v) is 1.63. The lowest BCUT2D eigenvalue weighted by Gasteiger charge is -2.09. The number of carbonyl (C=O) groups is 1. The summed E-state index contributed by atoms with van der Waals surface area (Å²) in [7, 11) is 0. The van der Waals surface area contributed by atoms with Gasteiger partial charge in [-0.3, -0.25) is 0 Å². The van der Waals surface area contributed by atoms with Gasteiger partial charge in [-0.15, -0.1) is 0 Å². The molecule has 0 radical (unpaired) electrons. The van der Waals surface area contributed by atoms with Crippen LogP contribution in [-0.4, -0.2) is 17.9 Å². The second-order valence-corrected chi connectivity index (χ2v) is 3.56. The number of nitrogens with one attached hydrogen (secondary N) is 1. The maximum absolute atomic E-state index is 10.9. The highest BCUT2D eigenvalue weighted by atomic mass is 16.2. The van der Waals surface area contributed by atoms with Crippen LogP contribution in [0, 0.1) is 0 Å². The molecule has 2 rings (SSSR count). The molecule has 15 heavy (non-hydrogen) atoms. The first-order valence-electron chi connectivity index (χ1n) is 4.94. The molecule has 1 unspecified atom stereocenters. The van der Waals surface area contributed by atoms with Crippen LogP contribution in [0.1, 0.15) is 12.0 Å². The molecule has 78 valence electrons. The van der Waals surface area contributed by atoms with Crippen LogP contribution >= 0.6 is 0 Å². The van der Waals surface area contributed by atoms with E-state index >= 15 is 0 Å². The van der Waals surface area contributed by atoms with Crippen LogP contribution in [0.2, 0.25) is 0 Å². The number of amidine groups is 1. The van der Waals surface area contributed by atoms with Gasteiger partial charge in [0.1, 0.15) is 5.84 Å². The third-order valence-corrected chi connectivity index (χ3v) is 2.45. The zero-order valence-electron chi connectivity index (χ0n) is 8.31. The summed E-state index contributed by atoms with van der Waals surface area (Å²) < 4.78 is 0. The van der Waals surface area contributed by atoms with Gasteiger partial charge in [0.05, 0.1) is 6.04 Å². The van der Waals surface area contributed by atoms with Crippen LogP contribution in [0.25, 0.3) is 0 Å². The molecule has 1 heterocycles. The summed E-state index contributed by atoms with van der Waals surface area (Å²) >= 11 is 0. The van der Waals surface area contributed by atoms with Gasteiger partial charge in [-0.25, -0.2) is 4.79 Å². The number of aryl methyl sites for hydroxylation is 1. The molecule has 1 aliphatic heterocycles. The lowest BCUT2D eigenvalue weighted by Crippen LogP contribution is -2.36. The Morgan fingerprint density at radius 3 is 2.67 bits per heavy atom. The highest BCUT2D eigenvalue weighted by Crippen LogP contribution is 2.07. The van der Waals surface area contributed by atoms with E-state index in [-0.39, 0.29) is 12.1 Å². The van der Waals surface area contributed by atoms with Crippen molar-refractivity contribution in [3.05, 3.63) is 35.9 Å². The molecule has 0 spiro atoms. The number of urea groups is 1. The van der Waals surface area contributed by atoms with Crippen molar-refractivity contribution < 1.29 is 4.79 Å². The maximum atomic E-state index is 10.9.